The molecule has 0 radical (unpaired) electrons. The highest BCUT2D eigenvalue weighted by atomic mass is 127. The van der Waals surface area contributed by atoms with E-state index in [9.17, 15) is 4.79 Å². The number of aliphatic imine (C=N–C) groups is 1. The molecule has 25 heavy (non-hydrogen) atoms. The highest BCUT2D eigenvalue weighted by Crippen LogP contribution is 2.10. The lowest BCUT2D eigenvalue weighted by Gasteiger charge is -2.32. The van der Waals surface area contributed by atoms with Crippen LogP contribution in [-0.4, -0.2) is 49.5 Å². The molecule has 7 nitrogen and oxygen atoms in total. The van der Waals surface area contributed by atoms with Gasteiger partial charge in [-0.3, -0.25) is 14.7 Å². The first-order valence-corrected chi connectivity index (χ1v) is 8.07. The van der Waals surface area contributed by atoms with Gasteiger partial charge in [0.25, 0.3) is 0 Å². The maximum Gasteiger partial charge on any atom is 0.231 e. The van der Waals surface area contributed by atoms with Crippen LogP contribution in [0.1, 0.15) is 24.0 Å². The predicted octanol–water partition coefficient (Wildman–Crippen LogP) is 0.791. The minimum Gasteiger partial charge on any atom is -0.369 e. The summed E-state index contributed by atoms with van der Waals surface area (Å²) in [6.07, 6.45) is 1.88. The Morgan fingerprint density at radius 2 is 2.16 bits per heavy atom. The van der Waals surface area contributed by atoms with Crippen LogP contribution in [0.2, 0.25) is 0 Å². The molecular formula is C17H25IN6O. The highest BCUT2D eigenvalue weighted by molar-refractivity contribution is 14.0. The van der Waals surface area contributed by atoms with E-state index in [2.05, 4.69) is 26.6 Å². The number of guanidine groups is 1. The number of piperidine rings is 1. The van der Waals surface area contributed by atoms with Crippen LogP contribution in [0.3, 0.4) is 0 Å². The molecule has 0 unspecified atom stereocenters. The van der Waals surface area contributed by atoms with Crippen molar-refractivity contribution in [3.63, 3.8) is 0 Å². The topological polar surface area (TPSA) is 107 Å². The molecule has 8 heteroatoms. The van der Waals surface area contributed by atoms with E-state index < -0.39 is 0 Å². The zero-order valence-electron chi connectivity index (χ0n) is 14.4. The van der Waals surface area contributed by atoms with Gasteiger partial charge >= 0.3 is 0 Å². The summed E-state index contributed by atoms with van der Waals surface area (Å²) in [7, 11) is 1.74. The number of hydrogen-bond acceptors (Lipinski definition) is 4. The van der Waals surface area contributed by atoms with Crippen molar-refractivity contribution in [2.24, 2.45) is 10.7 Å². The number of nitrogens with one attached hydrogen (secondary N) is 2. The van der Waals surface area contributed by atoms with E-state index in [1.165, 1.54) is 0 Å². The van der Waals surface area contributed by atoms with E-state index in [4.69, 9.17) is 11.0 Å². The molecule has 4 N–H and O–H groups in total. The first-order valence-electron chi connectivity index (χ1n) is 8.07. The summed E-state index contributed by atoms with van der Waals surface area (Å²) < 4.78 is 0. The maximum absolute atomic E-state index is 11.0. The SMILES string of the molecule is CN=C(NCc1cccc(C#N)c1)NC1CCN(CC(N)=O)CC1.I. The molecule has 1 saturated heterocycles. The summed E-state index contributed by atoms with van der Waals surface area (Å²) in [5, 5.41) is 15.6. The highest BCUT2D eigenvalue weighted by Gasteiger charge is 2.20. The number of rotatable bonds is 5. The van der Waals surface area contributed by atoms with Crippen molar-refractivity contribution in [1.29, 1.82) is 5.26 Å². The van der Waals surface area contributed by atoms with Crippen LogP contribution < -0.4 is 16.4 Å². The van der Waals surface area contributed by atoms with Crippen molar-refractivity contribution >= 4 is 35.8 Å². The van der Waals surface area contributed by atoms with Gasteiger partial charge < -0.3 is 16.4 Å². The number of nitriles is 1. The van der Waals surface area contributed by atoms with Gasteiger partial charge in [-0.1, -0.05) is 12.1 Å². The van der Waals surface area contributed by atoms with E-state index in [1.54, 1.807) is 13.1 Å². The number of amides is 1. The summed E-state index contributed by atoms with van der Waals surface area (Å²) in [5.74, 6) is 0.462. The van der Waals surface area contributed by atoms with Crippen LogP contribution in [-0.2, 0) is 11.3 Å². The third-order valence-electron chi connectivity index (χ3n) is 4.05. The van der Waals surface area contributed by atoms with Crippen molar-refractivity contribution in [1.82, 2.24) is 15.5 Å². The fourth-order valence-electron chi connectivity index (χ4n) is 2.78. The average Bonchev–Trinajstić information content (AvgIpc) is 2.59. The van der Waals surface area contributed by atoms with Gasteiger partial charge in [0.05, 0.1) is 18.2 Å². The number of halogens is 1. The first-order chi connectivity index (χ1) is 11.6. The second-order valence-corrected chi connectivity index (χ2v) is 5.90. The number of carbonyl (C=O) groups is 1. The second-order valence-electron chi connectivity index (χ2n) is 5.90. The fraction of sp³-hybridized carbons (Fsp3) is 0.471. The van der Waals surface area contributed by atoms with Crippen molar-refractivity contribution < 1.29 is 4.79 Å². The molecule has 2 rings (SSSR count). The van der Waals surface area contributed by atoms with Gasteiger partial charge in [0.15, 0.2) is 5.96 Å². The van der Waals surface area contributed by atoms with Crippen LogP contribution in [0.4, 0.5) is 0 Å². The standard InChI is InChI=1S/C17H24N6O.HI/c1-20-17(21-11-14-4-2-3-13(9-14)10-18)22-15-5-7-23(8-6-15)12-16(19)24;/h2-4,9,15H,5-8,11-12H2,1H3,(H2,19,24)(H2,20,21,22);1H. The van der Waals surface area contributed by atoms with E-state index in [-0.39, 0.29) is 29.9 Å². The summed E-state index contributed by atoms with van der Waals surface area (Å²) >= 11 is 0. The molecule has 0 atom stereocenters. The van der Waals surface area contributed by atoms with E-state index >= 15 is 0 Å². The Labute approximate surface area is 165 Å². The van der Waals surface area contributed by atoms with Crippen molar-refractivity contribution in [3.05, 3.63) is 35.4 Å². The lowest BCUT2D eigenvalue weighted by Crippen LogP contribution is -2.49. The summed E-state index contributed by atoms with van der Waals surface area (Å²) in [6.45, 7) is 2.63. The first kappa shape index (κ1) is 21.2. The molecule has 0 aromatic heterocycles. The van der Waals surface area contributed by atoms with Gasteiger partial charge in [-0.05, 0) is 30.5 Å². The quantitative estimate of drug-likeness (QED) is 0.345. The smallest absolute Gasteiger partial charge is 0.231 e. The van der Waals surface area contributed by atoms with Crippen LogP contribution in [0.15, 0.2) is 29.3 Å². The molecule has 1 amide bonds. The minimum absolute atomic E-state index is 0. The number of likely N-dealkylation sites (tertiary alicyclic amines) is 1. The summed E-state index contributed by atoms with van der Waals surface area (Å²) in [5.41, 5.74) is 6.92. The molecule has 0 saturated carbocycles. The normalized spacial score (nSPS) is 15.8. The Morgan fingerprint density at radius 3 is 2.76 bits per heavy atom. The molecule has 0 aliphatic carbocycles. The Bertz CT molecular complexity index is 634. The average molecular weight is 456 g/mol. The van der Waals surface area contributed by atoms with Crippen molar-refractivity contribution in [2.75, 3.05) is 26.7 Å². The lowest BCUT2D eigenvalue weighted by atomic mass is 10.1. The molecule has 0 bridgehead atoms. The van der Waals surface area contributed by atoms with Gasteiger partial charge in [0.1, 0.15) is 0 Å². The van der Waals surface area contributed by atoms with Crippen LogP contribution >= 0.6 is 24.0 Å². The van der Waals surface area contributed by atoms with E-state index in [0.717, 1.165) is 37.5 Å². The Morgan fingerprint density at radius 1 is 1.44 bits per heavy atom. The van der Waals surface area contributed by atoms with Gasteiger partial charge in [-0.25, -0.2) is 0 Å². The third-order valence-corrected chi connectivity index (χ3v) is 4.05. The van der Waals surface area contributed by atoms with Crippen LogP contribution in [0.25, 0.3) is 0 Å². The minimum atomic E-state index is -0.279. The zero-order chi connectivity index (χ0) is 17.4. The predicted molar refractivity (Wildman–Crippen MR) is 109 cm³/mol. The number of nitrogens with zero attached hydrogens (tertiary/aromatic N) is 3. The molecule has 1 heterocycles. The van der Waals surface area contributed by atoms with Gasteiger partial charge in [-0.2, -0.15) is 5.26 Å². The summed E-state index contributed by atoms with van der Waals surface area (Å²) in [6, 6.07) is 9.97. The second kappa shape index (κ2) is 10.9. The van der Waals surface area contributed by atoms with Gasteiger partial charge in [-0.15, -0.1) is 24.0 Å². The lowest BCUT2D eigenvalue weighted by molar-refractivity contribution is -0.119. The number of hydrogen-bond donors (Lipinski definition) is 3. The Hall–Kier alpha value is -1.86. The van der Waals surface area contributed by atoms with E-state index in [1.807, 2.05) is 18.2 Å². The van der Waals surface area contributed by atoms with Crippen LogP contribution in [0.5, 0.6) is 0 Å². The molecular weight excluding hydrogens is 431 g/mol. The zero-order valence-corrected chi connectivity index (χ0v) is 16.7. The van der Waals surface area contributed by atoms with E-state index in [0.29, 0.717) is 24.7 Å². The molecule has 1 aliphatic rings. The van der Waals surface area contributed by atoms with Crippen molar-refractivity contribution in [3.8, 4) is 6.07 Å². The number of primary amides is 1. The number of benzene rings is 1. The van der Waals surface area contributed by atoms with Crippen molar-refractivity contribution in [2.45, 2.75) is 25.4 Å². The molecule has 1 aromatic rings. The molecule has 1 aromatic carbocycles. The molecule has 136 valence electrons. The largest absolute Gasteiger partial charge is 0.369 e. The maximum atomic E-state index is 11.0. The third kappa shape index (κ3) is 7.27. The number of nitrogens with two attached hydrogens (primary N) is 1. The molecule has 1 fully saturated rings. The van der Waals surface area contributed by atoms with Gasteiger partial charge in [0, 0.05) is 32.7 Å². The molecule has 1 aliphatic heterocycles. The van der Waals surface area contributed by atoms with Gasteiger partial charge in [0.2, 0.25) is 5.91 Å². The molecule has 0 spiro atoms. The monoisotopic (exact) mass is 456 g/mol. The summed E-state index contributed by atoms with van der Waals surface area (Å²) in [4.78, 5) is 17.3. The fourth-order valence-corrected chi connectivity index (χ4v) is 2.78. The number of carbonyl (C=O) groups excluding carboxylic acids is 1. The van der Waals surface area contributed by atoms with Crippen LogP contribution in [0, 0.1) is 11.3 Å². The Kier molecular flexibility index (Phi) is 9.23. The Balaban J connectivity index is 0.00000312.